The zero-order valence-electron chi connectivity index (χ0n) is 20.2. The summed E-state index contributed by atoms with van der Waals surface area (Å²) in [6, 6.07) is 14.1. The Hall–Kier alpha value is -3.49. The second kappa shape index (κ2) is 12.0. The van der Waals surface area contributed by atoms with Crippen LogP contribution in [-0.2, 0) is 6.42 Å². The SMILES string of the molecule is CC(CNC(=O)c1[nH]cnc1C(=O)Nc1ccc(CC(=O)c2ccccc2Cl)cc1)N1CCCCC1. The van der Waals surface area contributed by atoms with Crippen molar-refractivity contribution in [3.05, 3.63) is 82.4 Å². The number of hydrogen-bond donors (Lipinski definition) is 3. The lowest BCUT2D eigenvalue weighted by atomic mass is 10.0. The van der Waals surface area contributed by atoms with E-state index in [2.05, 4.69) is 32.4 Å². The number of aromatic amines is 1. The third-order valence-electron chi connectivity index (χ3n) is 6.40. The van der Waals surface area contributed by atoms with E-state index in [-0.39, 0.29) is 35.5 Å². The highest BCUT2D eigenvalue weighted by atomic mass is 35.5. The number of piperidine rings is 1. The summed E-state index contributed by atoms with van der Waals surface area (Å²) in [7, 11) is 0. The zero-order valence-corrected chi connectivity index (χ0v) is 21.0. The summed E-state index contributed by atoms with van der Waals surface area (Å²) in [5.41, 5.74) is 1.95. The smallest absolute Gasteiger partial charge is 0.276 e. The van der Waals surface area contributed by atoms with Crippen molar-refractivity contribution in [3.8, 4) is 0 Å². The third-order valence-corrected chi connectivity index (χ3v) is 6.73. The van der Waals surface area contributed by atoms with E-state index in [0.717, 1.165) is 18.7 Å². The Balaban J connectivity index is 1.33. The number of anilines is 1. The minimum Gasteiger partial charge on any atom is -0.349 e. The van der Waals surface area contributed by atoms with E-state index >= 15 is 0 Å². The maximum atomic E-state index is 12.8. The number of halogens is 1. The minimum atomic E-state index is -0.495. The molecule has 1 fully saturated rings. The highest BCUT2D eigenvalue weighted by Crippen LogP contribution is 2.19. The van der Waals surface area contributed by atoms with Crippen LogP contribution in [-0.4, -0.2) is 58.1 Å². The van der Waals surface area contributed by atoms with Crippen LogP contribution in [0.15, 0.2) is 54.9 Å². The summed E-state index contributed by atoms with van der Waals surface area (Å²) in [5, 5.41) is 6.10. The summed E-state index contributed by atoms with van der Waals surface area (Å²) in [4.78, 5) is 47.3. The first-order chi connectivity index (χ1) is 17.4. The molecule has 1 saturated heterocycles. The van der Waals surface area contributed by atoms with Gasteiger partial charge in [0.2, 0.25) is 0 Å². The number of aromatic nitrogens is 2. The van der Waals surface area contributed by atoms with E-state index in [1.165, 1.54) is 25.6 Å². The van der Waals surface area contributed by atoms with Crippen LogP contribution >= 0.6 is 11.6 Å². The standard InChI is InChI=1S/C27H30ClN5O3/c1-18(33-13-5-2-6-14-33)16-29-26(35)24-25(31-17-30-24)27(36)32-20-11-9-19(10-12-20)15-23(34)21-7-3-4-8-22(21)28/h3-4,7-12,17-18H,2,5-6,13-16H2,1H3,(H,29,35)(H,30,31)(H,32,36). The van der Waals surface area contributed by atoms with E-state index in [4.69, 9.17) is 11.6 Å². The van der Waals surface area contributed by atoms with Gasteiger partial charge in [0, 0.05) is 30.3 Å². The molecule has 3 N–H and O–H groups in total. The first kappa shape index (κ1) is 25.6. The van der Waals surface area contributed by atoms with Crippen LogP contribution in [0.3, 0.4) is 0 Å². The lowest BCUT2D eigenvalue weighted by molar-refractivity contribution is 0.0914. The van der Waals surface area contributed by atoms with Gasteiger partial charge in [0.15, 0.2) is 11.5 Å². The number of likely N-dealkylation sites (tertiary alicyclic amines) is 1. The first-order valence-corrected chi connectivity index (χ1v) is 12.5. The third kappa shape index (κ3) is 6.38. The fourth-order valence-corrected chi connectivity index (χ4v) is 4.56. The number of hydrogen-bond acceptors (Lipinski definition) is 5. The van der Waals surface area contributed by atoms with E-state index in [0.29, 0.717) is 22.8 Å². The molecule has 0 bridgehead atoms. The van der Waals surface area contributed by atoms with Gasteiger partial charge in [-0.1, -0.05) is 42.3 Å². The van der Waals surface area contributed by atoms with Crippen molar-refractivity contribution in [2.45, 2.75) is 38.6 Å². The number of rotatable bonds is 9. The average Bonchev–Trinajstić information content (AvgIpc) is 3.39. The Kier molecular flexibility index (Phi) is 8.51. The zero-order chi connectivity index (χ0) is 25.5. The van der Waals surface area contributed by atoms with Gasteiger partial charge in [-0.05, 0) is 62.7 Å². The van der Waals surface area contributed by atoms with Crippen molar-refractivity contribution in [3.63, 3.8) is 0 Å². The average molecular weight is 508 g/mol. The summed E-state index contributed by atoms with van der Waals surface area (Å²) in [5.74, 6) is -0.945. The number of carbonyl (C=O) groups is 3. The van der Waals surface area contributed by atoms with Crippen LogP contribution in [0, 0.1) is 0 Å². The van der Waals surface area contributed by atoms with Crippen molar-refractivity contribution in [1.29, 1.82) is 0 Å². The fourth-order valence-electron chi connectivity index (χ4n) is 4.32. The van der Waals surface area contributed by atoms with Crippen LogP contribution in [0.2, 0.25) is 5.02 Å². The van der Waals surface area contributed by atoms with Gasteiger partial charge in [0.1, 0.15) is 5.69 Å². The summed E-state index contributed by atoms with van der Waals surface area (Å²) >= 11 is 6.11. The number of imidazole rings is 1. The predicted molar refractivity (Wildman–Crippen MR) is 140 cm³/mol. The Morgan fingerprint density at radius 1 is 1.03 bits per heavy atom. The van der Waals surface area contributed by atoms with Gasteiger partial charge in [0.25, 0.3) is 11.8 Å². The van der Waals surface area contributed by atoms with Gasteiger partial charge in [-0.3, -0.25) is 19.3 Å². The highest BCUT2D eigenvalue weighted by Gasteiger charge is 2.22. The van der Waals surface area contributed by atoms with Crippen LogP contribution in [0.1, 0.15) is 63.1 Å². The number of H-pyrrole nitrogens is 1. The van der Waals surface area contributed by atoms with E-state index in [9.17, 15) is 14.4 Å². The van der Waals surface area contributed by atoms with Crippen LogP contribution < -0.4 is 10.6 Å². The predicted octanol–water partition coefficient (Wildman–Crippen LogP) is 4.35. The molecule has 4 rings (SSSR count). The maximum Gasteiger partial charge on any atom is 0.276 e. The number of nitrogens with one attached hydrogen (secondary N) is 3. The Bertz CT molecular complexity index is 1220. The molecule has 2 heterocycles. The lowest BCUT2D eigenvalue weighted by Gasteiger charge is -2.32. The van der Waals surface area contributed by atoms with Gasteiger partial charge >= 0.3 is 0 Å². The van der Waals surface area contributed by atoms with Gasteiger partial charge in [0.05, 0.1) is 11.3 Å². The molecular formula is C27H30ClN5O3. The molecule has 1 atom stereocenters. The Labute approximate surface area is 215 Å². The molecule has 0 spiro atoms. The topological polar surface area (TPSA) is 107 Å². The van der Waals surface area contributed by atoms with E-state index in [1.807, 2.05) is 0 Å². The number of Topliss-reactive ketones (excluding diaryl/α,β-unsaturated/α-hetero) is 1. The number of nitrogens with zero attached hydrogens (tertiary/aromatic N) is 2. The second-order valence-corrected chi connectivity index (χ2v) is 9.42. The molecule has 0 radical (unpaired) electrons. The molecular weight excluding hydrogens is 478 g/mol. The maximum absolute atomic E-state index is 12.8. The molecule has 1 aromatic heterocycles. The monoisotopic (exact) mass is 507 g/mol. The van der Waals surface area contributed by atoms with Crippen molar-refractivity contribution in [1.82, 2.24) is 20.2 Å². The largest absolute Gasteiger partial charge is 0.349 e. The van der Waals surface area contributed by atoms with Crippen LogP contribution in [0.4, 0.5) is 5.69 Å². The minimum absolute atomic E-state index is 0.0242. The molecule has 9 heteroatoms. The van der Waals surface area contributed by atoms with E-state index in [1.54, 1.807) is 48.5 Å². The van der Waals surface area contributed by atoms with Crippen molar-refractivity contribution in [2.24, 2.45) is 0 Å². The van der Waals surface area contributed by atoms with Gasteiger partial charge in [-0.15, -0.1) is 0 Å². The number of amides is 2. The van der Waals surface area contributed by atoms with Crippen molar-refractivity contribution in [2.75, 3.05) is 25.0 Å². The molecule has 0 saturated carbocycles. The fraction of sp³-hybridized carbons (Fsp3) is 0.333. The molecule has 1 unspecified atom stereocenters. The molecule has 36 heavy (non-hydrogen) atoms. The van der Waals surface area contributed by atoms with Gasteiger partial charge in [-0.25, -0.2) is 4.98 Å². The quantitative estimate of drug-likeness (QED) is 0.373. The molecule has 2 aromatic carbocycles. The summed E-state index contributed by atoms with van der Waals surface area (Å²) in [6.07, 6.45) is 5.15. The number of ketones is 1. The molecule has 3 aromatic rings. The number of carbonyl (C=O) groups excluding carboxylic acids is 3. The molecule has 188 valence electrons. The first-order valence-electron chi connectivity index (χ1n) is 12.2. The highest BCUT2D eigenvalue weighted by molar-refractivity contribution is 6.34. The normalized spacial score (nSPS) is 14.7. The molecule has 0 aliphatic carbocycles. The lowest BCUT2D eigenvalue weighted by Crippen LogP contribution is -2.44. The van der Waals surface area contributed by atoms with Crippen molar-refractivity contribution < 1.29 is 14.4 Å². The Morgan fingerprint density at radius 3 is 2.47 bits per heavy atom. The molecule has 1 aliphatic heterocycles. The Morgan fingerprint density at radius 2 is 1.75 bits per heavy atom. The molecule has 2 amide bonds. The van der Waals surface area contributed by atoms with E-state index < -0.39 is 5.91 Å². The van der Waals surface area contributed by atoms with Crippen molar-refractivity contribution >= 4 is 34.9 Å². The van der Waals surface area contributed by atoms with Crippen LogP contribution in [0.25, 0.3) is 0 Å². The second-order valence-electron chi connectivity index (χ2n) is 9.01. The summed E-state index contributed by atoms with van der Waals surface area (Å²) < 4.78 is 0. The summed E-state index contributed by atoms with van der Waals surface area (Å²) in [6.45, 7) is 4.68. The molecule has 8 nitrogen and oxygen atoms in total. The number of benzene rings is 2. The van der Waals surface area contributed by atoms with Gasteiger partial charge < -0.3 is 15.6 Å². The van der Waals surface area contributed by atoms with Crippen LogP contribution in [0.5, 0.6) is 0 Å². The van der Waals surface area contributed by atoms with Gasteiger partial charge in [-0.2, -0.15) is 0 Å². The molecule has 1 aliphatic rings.